The molecule has 150 valence electrons. The second-order valence-corrected chi connectivity index (χ2v) is 7.19. The zero-order valence-electron chi connectivity index (χ0n) is 16.3. The molecule has 2 aromatic heterocycles. The first kappa shape index (κ1) is 19.1. The third-order valence-corrected chi connectivity index (χ3v) is 5.13. The van der Waals surface area contributed by atoms with Gasteiger partial charge in [-0.25, -0.2) is 4.98 Å². The first-order valence-electron chi connectivity index (χ1n) is 9.86. The Kier molecular flexibility index (Phi) is 5.57. The molecule has 2 atom stereocenters. The molecule has 2 amide bonds. The minimum Gasteiger partial charge on any atom is -0.376 e. The molecule has 29 heavy (non-hydrogen) atoms. The molecule has 7 nitrogen and oxygen atoms in total. The van der Waals surface area contributed by atoms with E-state index in [1.54, 1.807) is 22.7 Å². The largest absolute Gasteiger partial charge is 0.376 e. The molecule has 1 aliphatic heterocycles. The fourth-order valence-electron chi connectivity index (χ4n) is 3.55. The third-order valence-electron chi connectivity index (χ3n) is 5.13. The Bertz CT molecular complexity index is 1010. The molecule has 2 unspecified atom stereocenters. The summed E-state index contributed by atoms with van der Waals surface area (Å²) in [6, 6.07) is 14.9. The minimum atomic E-state index is -0.333. The maximum Gasteiger partial charge on any atom is 0.288 e. The maximum absolute atomic E-state index is 12.9. The van der Waals surface area contributed by atoms with Crippen molar-refractivity contribution in [2.45, 2.75) is 31.9 Å². The number of carbonyl (C=O) groups excluding carboxylic acids is 2. The smallest absolute Gasteiger partial charge is 0.288 e. The Morgan fingerprint density at radius 1 is 1.17 bits per heavy atom. The van der Waals surface area contributed by atoms with Crippen LogP contribution in [-0.2, 0) is 4.74 Å². The van der Waals surface area contributed by atoms with E-state index in [4.69, 9.17) is 4.74 Å². The minimum absolute atomic E-state index is 0.0438. The van der Waals surface area contributed by atoms with Crippen LogP contribution in [0.5, 0.6) is 0 Å². The highest BCUT2D eigenvalue weighted by atomic mass is 16.5. The number of carbonyl (C=O) groups is 2. The van der Waals surface area contributed by atoms with Gasteiger partial charge in [0.1, 0.15) is 0 Å². The van der Waals surface area contributed by atoms with Crippen LogP contribution in [0.25, 0.3) is 5.52 Å². The van der Waals surface area contributed by atoms with E-state index in [-0.39, 0.29) is 35.5 Å². The first-order chi connectivity index (χ1) is 14.1. The fourth-order valence-corrected chi connectivity index (χ4v) is 3.55. The van der Waals surface area contributed by atoms with Crippen molar-refractivity contribution in [3.05, 3.63) is 71.8 Å². The van der Waals surface area contributed by atoms with Gasteiger partial charge in [0.2, 0.25) is 5.82 Å². The zero-order valence-corrected chi connectivity index (χ0v) is 16.3. The number of benzene rings is 1. The Labute approximate surface area is 169 Å². The first-order valence-corrected chi connectivity index (χ1v) is 9.86. The van der Waals surface area contributed by atoms with Crippen molar-refractivity contribution in [3.63, 3.8) is 0 Å². The van der Waals surface area contributed by atoms with Crippen LogP contribution >= 0.6 is 0 Å². The molecule has 0 radical (unpaired) electrons. The van der Waals surface area contributed by atoms with Crippen LogP contribution in [0.1, 0.15) is 52.5 Å². The van der Waals surface area contributed by atoms with Crippen LogP contribution in [0.2, 0.25) is 0 Å². The second-order valence-electron chi connectivity index (χ2n) is 7.19. The summed E-state index contributed by atoms with van der Waals surface area (Å²) in [5.74, 6) is -0.453. The number of rotatable bonds is 6. The van der Waals surface area contributed by atoms with Crippen molar-refractivity contribution in [1.29, 1.82) is 0 Å². The monoisotopic (exact) mass is 392 g/mol. The highest BCUT2D eigenvalue weighted by Gasteiger charge is 2.24. The Balaban J connectivity index is 1.55. The van der Waals surface area contributed by atoms with Crippen molar-refractivity contribution in [2.24, 2.45) is 0 Å². The summed E-state index contributed by atoms with van der Waals surface area (Å²) in [7, 11) is 0. The SMILES string of the molecule is CC(NC(=O)c1nc(C(=O)NCC2CCCO2)c2ccccn12)c1ccccc1. The summed E-state index contributed by atoms with van der Waals surface area (Å²) in [5, 5.41) is 5.84. The molecule has 1 saturated heterocycles. The van der Waals surface area contributed by atoms with Crippen LogP contribution in [0, 0.1) is 0 Å². The van der Waals surface area contributed by atoms with Gasteiger partial charge in [0.05, 0.1) is 17.7 Å². The Morgan fingerprint density at radius 2 is 1.97 bits per heavy atom. The molecule has 2 N–H and O–H groups in total. The van der Waals surface area contributed by atoms with Crippen molar-refractivity contribution >= 4 is 17.3 Å². The number of aromatic nitrogens is 2. The van der Waals surface area contributed by atoms with Crippen molar-refractivity contribution in [3.8, 4) is 0 Å². The Morgan fingerprint density at radius 3 is 2.72 bits per heavy atom. The van der Waals surface area contributed by atoms with E-state index in [1.165, 1.54) is 0 Å². The number of fused-ring (bicyclic) bond motifs is 1. The third kappa shape index (κ3) is 4.14. The lowest BCUT2D eigenvalue weighted by molar-refractivity contribution is 0.0855. The van der Waals surface area contributed by atoms with Gasteiger partial charge in [-0.1, -0.05) is 36.4 Å². The summed E-state index contributed by atoms with van der Waals surface area (Å²) in [6.07, 6.45) is 3.73. The van der Waals surface area contributed by atoms with E-state index in [0.717, 1.165) is 25.0 Å². The molecule has 1 aromatic carbocycles. The topological polar surface area (TPSA) is 84.7 Å². The van der Waals surface area contributed by atoms with Crippen molar-refractivity contribution in [2.75, 3.05) is 13.2 Å². The Hall–Kier alpha value is -3.19. The summed E-state index contributed by atoms with van der Waals surface area (Å²) in [5.41, 5.74) is 1.83. The quantitative estimate of drug-likeness (QED) is 0.676. The molecular weight excluding hydrogens is 368 g/mol. The molecule has 1 aliphatic rings. The number of ether oxygens (including phenoxy) is 1. The summed E-state index contributed by atoms with van der Waals surface area (Å²) in [6.45, 7) is 3.09. The molecule has 3 heterocycles. The van der Waals surface area contributed by atoms with Gasteiger partial charge in [0, 0.05) is 19.3 Å². The van der Waals surface area contributed by atoms with Gasteiger partial charge in [0.25, 0.3) is 11.8 Å². The normalized spacial score (nSPS) is 17.2. The fraction of sp³-hybridized carbons (Fsp3) is 0.318. The molecule has 0 bridgehead atoms. The van der Waals surface area contributed by atoms with E-state index in [9.17, 15) is 9.59 Å². The molecule has 1 fully saturated rings. The zero-order chi connectivity index (χ0) is 20.2. The van der Waals surface area contributed by atoms with Crippen molar-refractivity contribution in [1.82, 2.24) is 20.0 Å². The highest BCUT2D eigenvalue weighted by molar-refractivity contribution is 6.02. The van der Waals surface area contributed by atoms with E-state index < -0.39 is 0 Å². The van der Waals surface area contributed by atoms with Crippen LogP contribution < -0.4 is 10.6 Å². The summed E-state index contributed by atoms with van der Waals surface area (Å²) in [4.78, 5) is 30.0. The van der Waals surface area contributed by atoms with Crippen LogP contribution in [0.4, 0.5) is 0 Å². The number of hydrogen-bond acceptors (Lipinski definition) is 4. The van der Waals surface area contributed by atoms with Gasteiger partial charge in [-0.05, 0) is 37.5 Å². The lowest BCUT2D eigenvalue weighted by atomic mass is 10.1. The highest BCUT2D eigenvalue weighted by Crippen LogP contribution is 2.17. The number of pyridine rings is 1. The molecule has 0 saturated carbocycles. The maximum atomic E-state index is 12.9. The van der Waals surface area contributed by atoms with Gasteiger partial charge in [-0.3, -0.25) is 14.0 Å². The summed E-state index contributed by atoms with van der Waals surface area (Å²) < 4.78 is 7.20. The molecule has 0 aliphatic carbocycles. The molecule has 4 rings (SSSR count). The number of hydrogen-bond donors (Lipinski definition) is 2. The number of imidazole rings is 1. The van der Waals surface area contributed by atoms with Crippen LogP contribution in [-0.4, -0.2) is 40.5 Å². The van der Waals surface area contributed by atoms with E-state index in [0.29, 0.717) is 12.1 Å². The van der Waals surface area contributed by atoms with Crippen molar-refractivity contribution < 1.29 is 14.3 Å². The van der Waals surface area contributed by atoms with Crippen LogP contribution in [0.15, 0.2) is 54.7 Å². The van der Waals surface area contributed by atoms with E-state index in [2.05, 4.69) is 15.6 Å². The average molecular weight is 392 g/mol. The van der Waals surface area contributed by atoms with Gasteiger partial charge < -0.3 is 15.4 Å². The van der Waals surface area contributed by atoms with Gasteiger partial charge in [-0.2, -0.15) is 0 Å². The second kappa shape index (κ2) is 8.45. The molecule has 0 spiro atoms. The molecule has 3 aromatic rings. The number of amides is 2. The van der Waals surface area contributed by atoms with Gasteiger partial charge in [0.15, 0.2) is 5.69 Å². The van der Waals surface area contributed by atoms with Crippen LogP contribution in [0.3, 0.4) is 0 Å². The number of nitrogens with zero attached hydrogens (tertiary/aromatic N) is 2. The lowest BCUT2D eigenvalue weighted by Gasteiger charge is -2.13. The number of nitrogens with one attached hydrogen (secondary N) is 2. The van der Waals surface area contributed by atoms with E-state index in [1.807, 2.05) is 43.3 Å². The predicted molar refractivity (Wildman–Crippen MR) is 109 cm³/mol. The van der Waals surface area contributed by atoms with E-state index >= 15 is 0 Å². The standard InChI is InChI=1S/C22H24N4O3/c1-15(16-8-3-2-4-9-16)24-22(28)20-25-19(18-11-5-6-12-26(18)20)21(27)23-14-17-10-7-13-29-17/h2-6,8-9,11-12,15,17H,7,10,13-14H2,1H3,(H,23,27)(H,24,28). The lowest BCUT2D eigenvalue weighted by Crippen LogP contribution is -2.32. The predicted octanol–water partition coefficient (Wildman–Crippen LogP) is 2.73. The van der Waals surface area contributed by atoms with Gasteiger partial charge in [-0.15, -0.1) is 0 Å². The van der Waals surface area contributed by atoms with Gasteiger partial charge >= 0.3 is 0 Å². The summed E-state index contributed by atoms with van der Waals surface area (Å²) >= 11 is 0. The molecule has 7 heteroatoms. The average Bonchev–Trinajstić information content (AvgIpc) is 3.40. The molecular formula is C22H24N4O3.